The van der Waals surface area contributed by atoms with Crippen molar-refractivity contribution in [3.8, 4) is 0 Å². The summed E-state index contributed by atoms with van der Waals surface area (Å²) < 4.78 is 1.90. The number of hydrogen-bond acceptors (Lipinski definition) is 3. The summed E-state index contributed by atoms with van der Waals surface area (Å²) >= 11 is 0. The Hall–Kier alpha value is -2.20. The number of hydrogen-bond donors (Lipinski definition) is 1. The highest BCUT2D eigenvalue weighted by atomic mass is 16.3. The van der Waals surface area contributed by atoms with Crippen molar-refractivity contribution in [3.05, 3.63) is 59.9 Å². The summed E-state index contributed by atoms with van der Waals surface area (Å²) in [6, 6.07) is 15.0. The maximum absolute atomic E-state index is 10.00. The van der Waals surface area contributed by atoms with E-state index in [-0.39, 0.29) is 6.10 Å². The number of fused-ring (bicyclic) bond motifs is 1. The zero-order valence-corrected chi connectivity index (χ0v) is 13.8. The van der Waals surface area contributed by atoms with Crippen LogP contribution in [0.2, 0.25) is 0 Å². The first-order valence-electron chi connectivity index (χ1n) is 8.83. The third-order valence-corrected chi connectivity index (χ3v) is 4.88. The highest BCUT2D eigenvalue weighted by Crippen LogP contribution is 2.33. The molecule has 1 fully saturated rings. The van der Waals surface area contributed by atoms with E-state index < -0.39 is 0 Å². The minimum Gasteiger partial charge on any atom is -0.392 e. The third kappa shape index (κ3) is 3.49. The summed E-state index contributed by atoms with van der Waals surface area (Å²) in [5.74, 6) is 0.488. The van der Waals surface area contributed by atoms with E-state index in [4.69, 9.17) is 0 Å². The molecule has 1 aromatic heterocycles. The van der Waals surface area contributed by atoms with Crippen molar-refractivity contribution in [1.82, 2.24) is 15.0 Å². The molecular formula is C20H23N3O. The van der Waals surface area contributed by atoms with Gasteiger partial charge in [-0.1, -0.05) is 47.7 Å². The van der Waals surface area contributed by atoms with Gasteiger partial charge in [0.2, 0.25) is 0 Å². The summed E-state index contributed by atoms with van der Waals surface area (Å²) in [7, 11) is 0. The molecule has 4 nitrogen and oxygen atoms in total. The van der Waals surface area contributed by atoms with Gasteiger partial charge in [-0.25, -0.2) is 0 Å². The molecule has 1 heterocycles. The Kier molecular flexibility index (Phi) is 4.30. The molecule has 24 heavy (non-hydrogen) atoms. The van der Waals surface area contributed by atoms with Crippen LogP contribution in [0.5, 0.6) is 0 Å². The fourth-order valence-corrected chi connectivity index (χ4v) is 3.35. The first-order valence-corrected chi connectivity index (χ1v) is 8.83. The topological polar surface area (TPSA) is 50.9 Å². The van der Waals surface area contributed by atoms with Crippen LogP contribution in [0.15, 0.2) is 48.7 Å². The van der Waals surface area contributed by atoms with E-state index in [9.17, 15) is 5.11 Å². The molecule has 1 saturated carbocycles. The van der Waals surface area contributed by atoms with Gasteiger partial charge in [0, 0.05) is 19.2 Å². The lowest BCUT2D eigenvalue weighted by molar-refractivity contribution is 0.150. The van der Waals surface area contributed by atoms with Crippen LogP contribution >= 0.6 is 0 Å². The predicted octanol–water partition coefficient (Wildman–Crippen LogP) is 3.38. The molecule has 0 saturated heterocycles. The van der Waals surface area contributed by atoms with Gasteiger partial charge in [-0.15, -0.1) is 5.10 Å². The smallest absolute Gasteiger partial charge is 0.0852 e. The van der Waals surface area contributed by atoms with E-state index in [1.807, 2.05) is 10.9 Å². The molecule has 1 atom stereocenters. The molecule has 1 N–H and O–H groups in total. The van der Waals surface area contributed by atoms with Crippen LogP contribution in [0.1, 0.15) is 30.5 Å². The van der Waals surface area contributed by atoms with Crippen molar-refractivity contribution >= 4 is 10.8 Å². The maximum Gasteiger partial charge on any atom is 0.0852 e. The van der Waals surface area contributed by atoms with Crippen LogP contribution in [0.3, 0.4) is 0 Å². The van der Waals surface area contributed by atoms with Crippen LogP contribution < -0.4 is 0 Å². The molecule has 1 unspecified atom stereocenters. The quantitative estimate of drug-likeness (QED) is 0.726. The van der Waals surface area contributed by atoms with Crippen molar-refractivity contribution in [2.24, 2.45) is 5.92 Å². The summed E-state index contributed by atoms with van der Waals surface area (Å²) in [5, 5.41) is 21.0. The Morgan fingerprint density at radius 2 is 1.96 bits per heavy atom. The zero-order valence-electron chi connectivity index (χ0n) is 13.8. The number of aryl methyl sites for hydroxylation is 2. The predicted molar refractivity (Wildman–Crippen MR) is 94.7 cm³/mol. The third-order valence-electron chi connectivity index (χ3n) is 4.88. The summed E-state index contributed by atoms with van der Waals surface area (Å²) in [6.45, 7) is 0.857. The fraction of sp³-hybridized carbons (Fsp3) is 0.400. The molecule has 0 amide bonds. The highest BCUT2D eigenvalue weighted by molar-refractivity contribution is 5.85. The van der Waals surface area contributed by atoms with Crippen molar-refractivity contribution in [2.45, 2.75) is 44.8 Å². The SMILES string of the molecule is OC(Cc1cn(CCCc2cccc3ccccc23)nn1)C1CC1. The maximum atomic E-state index is 10.00. The molecular weight excluding hydrogens is 298 g/mol. The largest absolute Gasteiger partial charge is 0.392 e. The Labute approximate surface area is 142 Å². The molecule has 1 aliphatic rings. The van der Waals surface area contributed by atoms with E-state index in [0.717, 1.165) is 37.9 Å². The number of aliphatic hydroxyl groups is 1. The Bertz CT molecular complexity index is 817. The van der Waals surface area contributed by atoms with E-state index >= 15 is 0 Å². The average Bonchev–Trinajstić information content (AvgIpc) is 3.37. The van der Waals surface area contributed by atoms with Gasteiger partial charge in [0.1, 0.15) is 0 Å². The van der Waals surface area contributed by atoms with E-state index in [1.54, 1.807) is 0 Å². The molecule has 4 heteroatoms. The minimum atomic E-state index is -0.245. The number of benzene rings is 2. The first-order chi connectivity index (χ1) is 11.8. The second-order valence-corrected chi connectivity index (χ2v) is 6.82. The van der Waals surface area contributed by atoms with E-state index in [1.165, 1.54) is 16.3 Å². The van der Waals surface area contributed by atoms with Gasteiger partial charge in [-0.05, 0) is 47.9 Å². The monoisotopic (exact) mass is 321 g/mol. The minimum absolute atomic E-state index is 0.245. The Morgan fingerprint density at radius 3 is 2.83 bits per heavy atom. The van der Waals surface area contributed by atoms with Crippen LogP contribution in [0, 0.1) is 5.92 Å². The first kappa shape index (κ1) is 15.3. The molecule has 124 valence electrons. The fourth-order valence-electron chi connectivity index (χ4n) is 3.35. The van der Waals surface area contributed by atoms with Gasteiger partial charge in [-0.2, -0.15) is 0 Å². The lowest BCUT2D eigenvalue weighted by Gasteiger charge is -2.06. The number of aromatic nitrogens is 3. The average molecular weight is 321 g/mol. The van der Waals surface area contributed by atoms with Crippen molar-refractivity contribution in [3.63, 3.8) is 0 Å². The lowest BCUT2D eigenvalue weighted by Crippen LogP contribution is -2.12. The molecule has 0 radical (unpaired) electrons. The van der Waals surface area contributed by atoms with Gasteiger partial charge < -0.3 is 5.11 Å². The van der Waals surface area contributed by atoms with Gasteiger partial charge in [0.25, 0.3) is 0 Å². The molecule has 0 aliphatic heterocycles. The van der Waals surface area contributed by atoms with Crippen LogP contribution in [-0.2, 0) is 19.4 Å². The molecule has 2 aromatic carbocycles. The van der Waals surface area contributed by atoms with Crippen molar-refractivity contribution in [1.29, 1.82) is 0 Å². The standard InChI is InChI=1S/C20H23N3O/c24-20(17-10-11-17)13-18-14-23(22-21-18)12-4-8-16-7-3-6-15-5-1-2-9-19(15)16/h1-3,5-7,9,14,17,20,24H,4,8,10-13H2. The van der Waals surface area contributed by atoms with Crippen LogP contribution in [-0.4, -0.2) is 26.2 Å². The summed E-state index contributed by atoms with van der Waals surface area (Å²) in [4.78, 5) is 0. The summed E-state index contributed by atoms with van der Waals surface area (Å²) in [6.07, 6.45) is 6.73. The van der Waals surface area contributed by atoms with Crippen LogP contribution in [0.4, 0.5) is 0 Å². The number of nitrogens with zero attached hydrogens (tertiary/aromatic N) is 3. The van der Waals surface area contributed by atoms with Gasteiger partial charge in [-0.3, -0.25) is 4.68 Å². The highest BCUT2D eigenvalue weighted by Gasteiger charge is 2.30. The number of rotatable bonds is 7. The van der Waals surface area contributed by atoms with Gasteiger partial charge >= 0.3 is 0 Å². The van der Waals surface area contributed by atoms with Gasteiger partial charge in [0.15, 0.2) is 0 Å². The second kappa shape index (κ2) is 6.73. The molecule has 0 bridgehead atoms. The van der Waals surface area contributed by atoms with E-state index in [0.29, 0.717) is 12.3 Å². The Balaban J connectivity index is 1.34. The Morgan fingerprint density at radius 1 is 1.12 bits per heavy atom. The van der Waals surface area contributed by atoms with Crippen molar-refractivity contribution < 1.29 is 5.11 Å². The van der Waals surface area contributed by atoms with Crippen molar-refractivity contribution in [2.75, 3.05) is 0 Å². The normalized spacial score (nSPS) is 15.7. The molecule has 1 aliphatic carbocycles. The molecule has 3 aromatic rings. The lowest BCUT2D eigenvalue weighted by atomic mass is 10.0. The van der Waals surface area contributed by atoms with Gasteiger partial charge in [0.05, 0.1) is 11.8 Å². The molecule has 4 rings (SSSR count). The second-order valence-electron chi connectivity index (χ2n) is 6.82. The number of aliphatic hydroxyl groups excluding tert-OH is 1. The zero-order chi connectivity index (χ0) is 16.4. The van der Waals surface area contributed by atoms with Crippen LogP contribution in [0.25, 0.3) is 10.8 Å². The molecule has 0 spiro atoms. The van der Waals surface area contributed by atoms with E-state index in [2.05, 4.69) is 52.8 Å². The summed E-state index contributed by atoms with van der Waals surface area (Å²) in [5.41, 5.74) is 2.29.